The van der Waals surface area contributed by atoms with E-state index in [2.05, 4.69) is 45.7 Å². The average molecular weight is 278 g/mol. The van der Waals surface area contributed by atoms with Crippen LogP contribution in [-0.2, 0) is 6.42 Å². The van der Waals surface area contributed by atoms with Crippen LogP contribution >= 0.6 is 0 Å². The number of rotatable bonds is 4. The first-order valence-electron chi connectivity index (χ1n) is 7.12. The van der Waals surface area contributed by atoms with Crippen molar-refractivity contribution in [3.05, 3.63) is 60.7 Å². The molecule has 106 valence electrons. The van der Waals surface area contributed by atoms with Crippen molar-refractivity contribution in [2.45, 2.75) is 19.8 Å². The molecule has 2 heterocycles. The highest BCUT2D eigenvalue weighted by molar-refractivity contribution is 5.64. The number of imidazole rings is 1. The van der Waals surface area contributed by atoms with Crippen LogP contribution in [0, 0.1) is 0 Å². The molecule has 0 aliphatic heterocycles. The number of nitrogen functional groups attached to an aromatic ring is 1. The Morgan fingerprint density at radius 3 is 2.86 bits per heavy atom. The normalized spacial score (nSPS) is 10.7. The van der Waals surface area contributed by atoms with Crippen molar-refractivity contribution < 1.29 is 0 Å². The van der Waals surface area contributed by atoms with Gasteiger partial charge in [0.1, 0.15) is 5.82 Å². The molecule has 0 saturated heterocycles. The number of benzene rings is 1. The Labute approximate surface area is 124 Å². The van der Waals surface area contributed by atoms with E-state index in [1.807, 2.05) is 24.7 Å². The van der Waals surface area contributed by atoms with Gasteiger partial charge < -0.3 is 5.73 Å². The van der Waals surface area contributed by atoms with Crippen LogP contribution < -0.4 is 5.73 Å². The van der Waals surface area contributed by atoms with Crippen LogP contribution in [0.5, 0.6) is 0 Å². The minimum absolute atomic E-state index is 0.516. The lowest BCUT2D eigenvalue weighted by molar-refractivity contribution is 0.899. The molecule has 4 heteroatoms. The minimum Gasteiger partial charge on any atom is -0.384 e. The third-order valence-electron chi connectivity index (χ3n) is 3.49. The summed E-state index contributed by atoms with van der Waals surface area (Å²) < 4.78 is 2.11. The lowest BCUT2D eigenvalue weighted by Crippen LogP contribution is -2.00. The molecule has 0 radical (unpaired) electrons. The van der Waals surface area contributed by atoms with Crippen LogP contribution in [0.25, 0.3) is 16.9 Å². The van der Waals surface area contributed by atoms with Crippen molar-refractivity contribution in [1.82, 2.24) is 14.5 Å². The maximum Gasteiger partial charge on any atom is 0.123 e. The van der Waals surface area contributed by atoms with E-state index in [1.165, 1.54) is 11.3 Å². The topological polar surface area (TPSA) is 56.7 Å². The van der Waals surface area contributed by atoms with Gasteiger partial charge in [-0.1, -0.05) is 31.5 Å². The number of anilines is 1. The Bertz CT molecular complexity index is 746. The van der Waals surface area contributed by atoms with Crippen molar-refractivity contribution in [3.63, 3.8) is 0 Å². The molecule has 2 N–H and O–H groups in total. The summed E-state index contributed by atoms with van der Waals surface area (Å²) in [7, 11) is 0. The summed E-state index contributed by atoms with van der Waals surface area (Å²) in [6.45, 7) is 2.19. The summed E-state index contributed by atoms with van der Waals surface area (Å²) in [4.78, 5) is 8.35. The van der Waals surface area contributed by atoms with Gasteiger partial charge in [0.2, 0.25) is 0 Å². The molecule has 1 aromatic carbocycles. The number of aryl methyl sites for hydroxylation is 1. The van der Waals surface area contributed by atoms with E-state index in [4.69, 9.17) is 5.73 Å². The van der Waals surface area contributed by atoms with Gasteiger partial charge in [0.15, 0.2) is 0 Å². The van der Waals surface area contributed by atoms with Crippen LogP contribution in [0.1, 0.15) is 18.9 Å². The van der Waals surface area contributed by atoms with Gasteiger partial charge in [-0.15, -0.1) is 0 Å². The molecular weight excluding hydrogens is 260 g/mol. The molecule has 0 aliphatic carbocycles. The van der Waals surface area contributed by atoms with Gasteiger partial charge >= 0.3 is 0 Å². The number of hydrogen-bond donors (Lipinski definition) is 1. The number of nitrogens with zero attached hydrogens (tertiary/aromatic N) is 3. The highest BCUT2D eigenvalue weighted by atomic mass is 15.1. The van der Waals surface area contributed by atoms with Gasteiger partial charge in [0, 0.05) is 11.8 Å². The molecule has 2 aromatic heterocycles. The average Bonchev–Trinajstić information content (AvgIpc) is 2.97. The molecule has 0 fully saturated rings. The molecule has 21 heavy (non-hydrogen) atoms. The van der Waals surface area contributed by atoms with Crippen LogP contribution in [0.15, 0.2) is 55.1 Å². The number of aromatic nitrogens is 3. The summed E-state index contributed by atoms with van der Waals surface area (Å²) in [6, 6.07) is 12.3. The first-order valence-corrected chi connectivity index (χ1v) is 7.12. The summed E-state index contributed by atoms with van der Waals surface area (Å²) in [5.41, 5.74) is 10.3. The van der Waals surface area contributed by atoms with E-state index in [1.54, 1.807) is 6.20 Å². The van der Waals surface area contributed by atoms with Crippen LogP contribution in [-0.4, -0.2) is 14.5 Å². The van der Waals surface area contributed by atoms with Gasteiger partial charge in [-0.3, -0.25) is 4.57 Å². The Morgan fingerprint density at radius 1 is 1.19 bits per heavy atom. The van der Waals surface area contributed by atoms with Gasteiger partial charge in [-0.25, -0.2) is 9.97 Å². The van der Waals surface area contributed by atoms with Crippen LogP contribution in [0.2, 0.25) is 0 Å². The predicted octanol–water partition coefficient (Wildman–Crippen LogP) is 3.47. The van der Waals surface area contributed by atoms with E-state index in [9.17, 15) is 0 Å². The summed E-state index contributed by atoms with van der Waals surface area (Å²) in [5, 5.41) is 0. The first-order chi connectivity index (χ1) is 10.3. The second kappa shape index (κ2) is 5.79. The molecule has 0 saturated carbocycles. The molecule has 0 amide bonds. The largest absolute Gasteiger partial charge is 0.384 e. The monoisotopic (exact) mass is 278 g/mol. The third kappa shape index (κ3) is 2.65. The van der Waals surface area contributed by atoms with Crippen molar-refractivity contribution in [2.24, 2.45) is 0 Å². The Morgan fingerprint density at radius 2 is 2.05 bits per heavy atom. The highest BCUT2D eigenvalue weighted by Crippen LogP contribution is 2.25. The summed E-state index contributed by atoms with van der Waals surface area (Å²) in [5.74, 6) is 0.516. The number of para-hydroxylation sites is 1. The maximum atomic E-state index is 5.79. The Kier molecular flexibility index (Phi) is 3.69. The van der Waals surface area contributed by atoms with Crippen molar-refractivity contribution in [2.75, 3.05) is 5.73 Å². The fourth-order valence-corrected chi connectivity index (χ4v) is 2.53. The van der Waals surface area contributed by atoms with E-state index in [0.717, 1.165) is 24.1 Å². The van der Waals surface area contributed by atoms with Gasteiger partial charge in [0.25, 0.3) is 0 Å². The SMILES string of the molecule is CCCc1ccccc1-n1cncc1-c1ccnc(N)c1. The zero-order valence-electron chi connectivity index (χ0n) is 12.0. The highest BCUT2D eigenvalue weighted by Gasteiger charge is 2.10. The molecular formula is C17H18N4. The van der Waals surface area contributed by atoms with E-state index in [0.29, 0.717) is 5.82 Å². The number of nitrogens with two attached hydrogens (primary N) is 1. The van der Waals surface area contributed by atoms with E-state index in [-0.39, 0.29) is 0 Å². The fourth-order valence-electron chi connectivity index (χ4n) is 2.53. The second-order valence-corrected chi connectivity index (χ2v) is 5.00. The molecule has 3 aromatic rings. The lowest BCUT2D eigenvalue weighted by Gasteiger charge is -2.13. The standard InChI is InChI=1S/C17H18N4/c1-2-5-13-6-3-4-7-15(13)21-12-19-11-16(21)14-8-9-20-17(18)10-14/h3-4,6-12H,2,5H2,1H3,(H2,18,20). The number of hydrogen-bond acceptors (Lipinski definition) is 3. The van der Waals surface area contributed by atoms with Gasteiger partial charge in [-0.05, 0) is 30.2 Å². The fraction of sp³-hybridized carbons (Fsp3) is 0.176. The molecule has 3 rings (SSSR count). The second-order valence-electron chi connectivity index (χ2n) is 5.00. The van der Waals surface area contributed by atoms with Crippen molar-refractivity contribution in [3.8, 4) is 16.9 Å². The molecule has 0 unspecified atom stereocenters. The van der Waals surface area contributed by atoms with Gasteiger partial charge in [0.05, 0.1) is 23.9 Å². The summed E-state index contributed by atoms with van der Waals surface area (Å²) in [6.07, 6.45) is 7.59. The molecule has 0 aliphatic rings. The molecule has 0 bridgehead atoms. The van der Waals surface area contributed by atoms with Gasteiger partial charge in [-0.2, -0.15) is 0 Å². The van der Waals surface area contributed by atoms with Crippen molar-refractivity contribution >= 4 is 5.82 Å². The molecule has 0 spiro atoms. The minimum atomic E-state index is 0.516. The molecule has 0 atom stereocenters. The first kappa shape index (κ1) is 13.4. The zero-order valence-corrected chi connectivity index (χ0v) is 12.0. The van der Waals surface area contributed by atoms with E-state index >= 15 is 0 Å². The maximum absolute atomic E-state index is 5.79. The summed E-state index contributed by atoms with van der Waals surface area (Å²) >= 11 is 0. The van der Waals surface area contributed by atoms with Crippen LogP contribution in [0.4, 0.5) is 5.82 Å². The lowest BCUT2D eigenvalue weighted by atomic mass is 10.1. The molecule has 4 nitrogen and oxygen atoms in total. The third-order valence-corrected chi connectivity index (χ3v) is 3.49. The Balaban J connectivity index is 2.11. The number of pyridine rings is 1. The van der Waals surface area contributed by atoms with Crippen LogP contribution in [0.3, 0.4) is 0 Å². The smallest absolute Gasteiger partial charge is 0.123 e. The quantitative estimate of drug-likeness (QED) is 0.795. The van der Waals surface area contributed by atoms with Crippen molar-refractivity contribution in [1.29, 1.82) is 0 Å². The predicted molar refractivity (Wildman–Crippen MR) is 85.2 cm³/mol. The zero-order chi connectivity index (χ0) is 14.7. The van der Waals surface area contributed by atoms with E-state index < -0.39 is 0 Å². The Hall–Kier alpha value is -2.62.